The van der Waals surface area contributed by atoms with Gasteiger partial charge in [-0.15, -0.1) is 0 Å². The van der Waals surface area contributed by atoms with Gasteiger partial charge in [-0.25, -0.2) is 0 Å². The molecular formula is C12H15ClN2O. The Balaban J connectivity index is 2.53. The van der Waals surface area contributed by atoms with Crippen LogP contribution in [0.25, 0.3) is 10.9 Å². The zero-order chi connectivity index (χ0) is 11.7. The second kappa shape index (κ2) is 4.36. The van der Waals surface area contributed by atoms with Crippen molar-refractivity contribution < 1.29 is 4.74 Å². The largest absolute Gasteiger partial charge is 0.495 e. The summed E-state index contributed by atoms with van der Waals surface area (Å²) < 4.78 is 5.21. The summed E-state index contributed by atoms with van der Waals surface area (Å²) in [6.07, 6.45) is 2.81. The molecule has 3 nitrogen and oxygen atoms in total. The Morgan fingerprint density at radius 3 is 2.88 bits per heavy atom. The van der Waals surface area contributed by atoms with Crippen molar-refractivity contribution in [2.24, 2.45) is 5.73 Å². The average Bonchev–Trinajstić information content (AvgIpc) is 2.59. The number of nitrogens with one attached hydrogen (secondary N) is 1. The molecule has 2 aromatic rings. The van der Waals surface area contributed by atoms with Crippen molar-refractivity contribution in [3.63, 3.8) is 0 Å². The molecule has 0 fully saturated rings. The lowest BCUT2D eigenvalue weighted by Gasteiger charge is -2.06. The van der Waals surface area contributed by atoms with E-state index in [1.807, 2.05) is 25.3 Å². The van der Waals surface area contributed by atoms with Crippen LogP contribution in [0, 0.1) is 0 Å². The molecule has 0 spiro atoms. The van der Waals surface area contributed by atoms with Crippen LogP contribution in [0.1, 0.15) is 12.5 Å². The number of methoxy groups -OCH3 is 1. The normalized spacial score (nSPS) is 13.0. The topological polar surface area (TPSA) is 51.0 Å². The van der Waals surface area contributed by atoms with E-state index >= 15 is 0 Å². The quantitative estimate of drug-likeness (QED) is 0.864. The maximum Gasteiger partial charge on any atom is 0.138 e. The fourth-order valence-electron chi connectivity index (χ4n) is 1.85. The van der Waals surface area contributed by atoms with Crippen molar-refractivity contribution >= 4 is 22.5 Å². The van der Waals surface area contributed by atoms with Crippen LogP contribution in [-0.2, 0) is 6.42 Å². The predicted octanol–water partition coefficient (Wildman–Crippen LogP) is 2.72. The first kappa shape index (κ1) is 11.3. The zero-order valence-electron chi connectivity index (χ0n) is 9.38. The average molecular weight is 239 g/mol. The van der Waals surface area contributed by atoms with E-state index in [1.54, 1.807) is 7.11 Å². The molecule has 0 aliphatic heterocycles. The third kappa shape index (κ3) is 2.01. The van der Waals surface area contributed by atoms with Crippen molar-refractivity contribution in [1.82, 2.24) is 4.98 Å². The minimum atomic E-state index is 0.140. The fourth-order valence-corrected chi connectivity index (χ4v) is 2.09. The van der Waals surface area contributed by atoms with Gasteiger partial charge in [0.15, 0.2) is 0 Å². The smallest absolute Gasteiger partial charge is 0.138 e. The van der Waals surface area contributed by atoms with E-state index in [9.17, 15) is 0 Å². The molecule has 0 saturated heterocycles. The minimum absolute atomic E-state index is 0.140. The Morgan fingerprint density at radius 2 is 2.25 bits per heavy atom. The van der Waals surface area contributed by atoms with E-state index in [4.69, 9.17) is 22.1 Å². The third-order valence-corrected chi connectivity index (χ3v) is 2.88. The number of benzene rings is 1. The van der Waals surface area contributed by atoms with Gasteiger partial charge in [0, 0.05) is 23.1 Å². The predicted molar refractivity (Wildman–Crippen MR) is 67.2 cm³/mol. The molecular weight excluding hydrogens is 224 g/mol. The number of nitrogens with two attached hydrogens (primary N) is 1. The van der Waals surface area contributed by atoms with Gasteiger partial charge in [-0.05, 0) is 31.0 Å². The van der Waals surface area contributed by atoms with Gasteiger partial charge in [0.05, 0.1) is 12.1 Å². The molecule has 3 N–H and O–H groups in total. The Hall–Kier alpha value is -1.19. The number of aromatic nitrogens is 1. The lowest BCUT2D eigenvalue weighted by Crippen LogP contribution is -2.17. The first-order valence-corrected chi connectivity index (χ1v) is 5.58. The molecule has 86 valence electrons. The highest BCUT2D eigenvalue weighted by molar-refractivity contribution is 6.32. The highest BCUT2D eigenvalue weighted by Crippen LogP contribution is 2.31. The SMILES string of the molecule is COc1cc2c(CC(C)N)c[nH]c2cc1Cl. The molecule has 16 heavy (non-hydrogen) atoms. The van der Waals surface area contributed by atoms with Gasteiger partial charge in [0.2, 0.25) is 0 Å². The van der Waals surface area contributed by atoms with Crippen LogP contribution in [-0.4, -0.2) is 18.1 Å². The summed E-state index contributed by atoms with van der Waals surface area (Å²) in [7, 11) is 1.62. The van der Waals surface area contributed by atoms with Gasteiger partial charge in [-0.2, -0.15) is 0 Å². The maximum atomic E-state index is 6.05. The number of fused-ring (bicyclic) bond motifs is 1. The van der Waals surface area contributed by atoms with Crippen molar-refractivity contribution in [3.05, 3.63) is 28.9 Å². The van der Waals surface area contributed by atoms with Gasteiger partial charge in [0.25, 0.3) is 0 Å². The summed E-state index contributed by atoms with van der Waals surface area (Å²) in [5.74, 6) is 0.694. The van der Waals surface area contributed by atoms with E-state index in [-0.39, 0.29) is 6.04 Å². The van der Waals surface area contributed by atoms with Crippen LogP contribution in [0.3, 0.4) is 0 Å². The summed E-state index contributed by atoms with van der Waals surface area (Å²) >= 11 is 6.05. The second-order valence-electron chi connectivity index (χ2n) is 4.03. The highest BCUT2D eigenvalue weighted by Gasteiger charge is 2.09. The number of rotatable bonds is 3. The van der Waals surface area contributed by atoms with Gasteiger partial charge >= 0.3 is 0 Å². The lowest BCUT2D eigenvalue weighted by molar-refractivity contribution is 0.415. The number of ether oxygens (including phenoxy) is 1. The molecule has 4 heteroatoms. The maximum absolute atomic E-state index is 6.05. The molecule has 0 bridgehead atoms. The lowest BCUT2D eigenvalue weighted by atomic mass is 10.1. The Labute approximate surface area is 99.5 Å². The summed E-state index contributed by atoms with van der Waals surface area (Å²) in [6.45, 7) is 1.99. The van der Waals surface area contributed by atoms with Crippen molar-refractivity contribution in [1.29, 1.82) is 0 Å². The van der Waals surface area contributed by atoms with Crippen LogP contribution < -0.4 is 10.5 Å². The van der Waals surface area contributed by atoms with Crippen LogP contribution >= 0.6 is 11.6 Å². The highest BCUT2D eigenvalue weighted by atomic mass is 35.5. The second-order valence-corrected chi connectivity index (χ2v) is 4.43. The number of hydrogen-bond acceptors (Lipinski definition) is 2. The summed E-state index contributed by atoms with van der Waals surface area (Å²) in [4.78, 5) is 3.19. The summed E-state index contributed by atoms with van der Waals surface area (Å²) in [6, 6.07) is 3.97. The molecule has 1 heterocycles. The van der Waals surface area contributed by atoms with Gasteiger partial charge < -0.3 is 15.5 Å². The first-order chi connectivity index (χ1) is 7.61. The number of hydrogen-bond donors (Lipinski definition) is 2. The minimum Gasteiger partial charge on any atom is -0.495 e. The molecule has 1 atom stereocenters. The van der Waals surface area contributed by atoms with Gasteiger partial charge in [0.1, 0.15) is 5.75 Å². The molecule has 0 amide bonds. The van der Waals surface area contributed by atoms with Crippen LogP contribution in [0.15, 0.2) is 18.3 Å². The first-order valence-electron chi connectivity index (χ1n) is 5.21. The van der Waals surface area contributed by atoms with Crippen molar-refractivity contribution in [3.8, 4) is 5.75 Å². The molecule has 0 aliphatic rings. The van der Waals surface area contributed by atoms with Crippen LogP contribution in [0.2, 0.25) is 5.02 Å². The van der Waals surface area contributed by atoms with Crippen LogP contribution in [0.4, 0.5) is 0 Å². The molecule has 0 saturated carbocycles. The van der Waals surface area contributed by atoms with Crippen molar-refractivity contribution in [2.45, 2.75) is 19.4 Å². The van der Waals surface area contributed by atoms with Crippen molar-refractivity contribution in [2.75, 3.05) is 7.11 Å². The van der Waals surface area contributed by atoms with E-state index in [0.717, 1.165) is 17.3 Å². The monoisotopic (exact) mass is 238 g/mol. The van der Waals surface area contributed by atoms with E-state index in [1.165, 1.54) is 5.56 Å². The number of halogens is 1. The molecule has 2 rings (SSSR count). The molecule has 0 aliphatic carbocycles. The standard InChI is InChI=1S/C12H15ClN2O/c1-7(14)3-8-6-15-11-5-10(13)12(16-2)4-9(8)11/h4-7,15H,3,14H2,1-2H3. The molecule has 0 radical (unpaired) electrons. The molecule has 1 aromatic heterocycles. The zero-order valence-corrected chi connectivity index (χ0v) is 10.1. The van der Waals surface area contributed by atoms with Crippen LogP contribution in [0.5, 0.6) is 5.75 Å². The van der Waals surface area contributed by atoms with E-state index < -0.39 is 0 Å². The van der Waals surface area contributed by atoms with Gasteiger partial charge in [-0.3, -0.25) is 0 Å². The summed E-state index contributed by atoms with van der Waals surface area (Å²) in [5, 5.41) is 1.74. The Bertz CT molecular complexity index is 505. The number of aromatic amines is 1. The summed E-state index contributed by atoms with van der Waals surface area (Å²) in [5.41, 5.74) is 8.01. The number of H-pyrrole nitrogens is 1. The van der Waals surface area contributed by atoms with E-state index in [2.05, 4.69) is 4.98 Å². The van der Waals surface area contributed by atoms with Gasteiger partial charge in [-0.1, -0.05) is 11.6 Å². The van der Waals surface area contributed by atoms with E-state index in [0.29, 0.717) is 10.8 Å². The molecule has 1 unspecified atom stereocenters. The Morgan fingerprint density at radius 1 is 1.50 bits per heavy atom. The fraction of sp³-hybridized carbons (Fsp3) is 0.333. The Kier molecular flexibility index (Phi) is 3.08. The third-order valence-electron chi connectivity index (χ3n) is 2.58. The molecule has 1 aromatic carbocycles.